The van der Waals surface area contributed by atoms with Crippen molar-refractivity contribution < 1.29 is 57.9 Å². The van der Waals surface area contributed by atoms with Crippen LogP contribution in [-0.4, -0.2) is 132 Å². The number of ether oxygens (including phenoxy) is 6. The number of benzene rings is 1. The quantitative estimate of drug-likeness (QED) is 0.394. The second-order valence-electron chi connectivity index (χ2n) is 17.1. The van der Waals surface area contributed by atoms with Gasteiger partial charge in [-0.25, -0.2) is 4.99 Å². The van der Waals surface area contributed by atoms with Crippen LogP contribution in [0.2, 0.25) is 0 Å². The lowest BCUT2D eigenvalue weighted by Gasteiger charge is -2.49. The number of aliphatic hydroxyl groups is 2. The van der Waals surface area contributed by atoms with E-state index in [1.54, 1.807) is 52.0 Å². The molecule has 15 atom stereocenters. The van der Waals surface area contributed by atoms with Gasteiger partial charge in [-0.05, 0) is 67.0 Å². The first kappa shape index (κ1) is 44.8. The Balaban J connectivity index is 1.74. The van der Waals surface area contributed by atoms with Crippen molar-refractivity contribution in [1.82, 2.24) is 4.90 Å². The number of oxime groups is 1. The molecule has 4 bridgehead atoms. The van der Waals surface area contributed by atoms with E-state index in [4.69, 9.17) is 38.3 Å². The largest absolute Gasteiger partial charge is 0.459 e. The fourth-order valence-corrected chi connectivity index (χ4v) is 9.07. The Morgan fingerprint density at radius 2 is 1.72 bits per heavy atom. The molecule has 0 unspecified atom stereocenters. The Labute approximate surface area is 336 Å². The Bertz CT molecular complexity index is 1640. The van der Waals surface area contributed by atoms with Gasteiger partial charge in [-0.3, -0.25) is 14.4 Å². The molecular formula is C42H63N3O12. The molecule has 4 heterocycles. The average Bonchev–Trinajstić information content (AvgIpc) is 3.18. The number of carbonyl (C=O) groups excluding carboxylic acids is 3. The molecule has 4 aliphatic heterocycles. The molecule has 15 nitrogen and oxygen atoms in total. The number of cyclic esters (lactones) is 1. The van der Waals surface area contributed by atoms with Crippen molar-refractivity contribution >= 4 is 29.3 Å². The van der Waals surface area contributed by atoms with E-state index in [0.29, 0.717) is 17.7 Å². The topological polar surface area (TPSA) is 184 Å². The van der Waals surface area contributed by atoms with E-state index in [2.05, 4.69) is 5.16 Å². The third-order valence-electron chi connectivity index (χ3n) is 12.2. The zero-order chi connectivity index (χ0) is 42.0. The van der Waals surface area contributed by atoms with Gasteiger partial charge in [0.2, 0.25) is 6.10 Å². The number of aliphatic hydroxyl groups excluding tert-OH is 1. The van der Waals surface area contributed by atoms with Gasteiger partial charge in [0.15, 0.2) is 12.4 Å². The predicted octanol–water partition coefficient (Wildman–Crippen LogP) is 4.02. The lowest BCUT2D eigenvalue weighted by atomic mass is 9.73. The number of nitrogens with zero attached hydrogens (tertiary/aromatic N) is 3. The van der Waals surface area contributed by atoms with Crippen molar-refractivity contribution in [3.63, 3.8) is 0 Å². The SMILES string of the molecule is CC[C@H]1OC(=O)[C@H](C)[C@@H](O)[C@H](C)[C@@H](O[C@@H]2O[C@H](C)C[C@H](N(C)C)[C@H]2OC(C)=O)[C@@]2(C)C[C@@H](C)C3=NC(=O)[C@@H](c4ccccc4)O/N=C(\CO[C@@H]([C@@H]3C)[C@]1(C)O)CO2. The third kappa shape index (κ3) is 9.77. The van der Waals surface area contributed by atoms with Crippen LogP contribution in [0.3, 0.4) is 0 Å². The van der Waals surface area contributed by atoms with Gasteiger partial charge in [0.25, 0.3) is 5.91 Å². The van der Waals surface area contributed by atoms with E-state index in [-0.39, 0.29) is 43.9 Å². The van der Waals surface area contributed by atoms with Gasteiger partial charge in [-0.1, -0.05) is 63.2 Å². The summed E-state index contributed by atoms with van der Waals surface area (Å²) in [7, 11) is 3.78. The van der Waals surface area contributed by atoms with Crippen LogP contribution in [0, 0.1) is 23.7 Å². The molecule has 2 N–H and O–H groups in total. The molecule has 1 aromatic rings. The van der Waals surface area contributed by atoms with Crippen LogP contribution in [0.15, 0.2) is 40.5 Å². The van der Waals surface area contributed by atoms with Crippen LogP contribution < -0.4 is 0 Å². The second kappa shape index (κ2) is 18.3. The number of carbonyl (C=O) groups is 3. The molecule has 3 saturated heterocycles. The highest BCUT2D eigenvalue weighted by atomic mass is 16.7. The zero-order valence-electron chi connectivity index (χ0n) is 35.2. The number of esters is 2. The molecule has 4 aliphatic rings. The molecule has 57 heavy (non-hydrogen) atoms. The molecule has 5 rings (SSSR count). The summed E-state index contributed by atoms with van der Waals surface area (Å²) in [6, 6.07) is 8.66. The predicted molar refractivity (Wildman–Crippen MR) is 209 cm³/mol. The minimum atomic E-state index is -1.81. The summed E-state index contributed by atoms with van der Waals surface area (Å²) in [4.78, 5) is 53.5. The first-order valence-electron chi connectivity index (χ1n) is 20.2. The monoisotopic (exact) mass is 801 g/mol. The molecule has 0 saturated carbocycles. The number of likely N-dealkylation sites (N-methyl/N-ethyl adjacent to an activating group) is 1. The van der Waals surface area contributed by atoms with Crippen molar-refractivity contribution in [3.8, 4) is 0 Å². The summed E-state index contributed by atoms with van der Waals surface area (Å²) >= 11 is 0. The van der Waals surface area contributed by atoms with E-state index >= 15 is 0 Å². The van der Waals surface area contributed by atoms with Gasteiger partial charge in [0.05, 0.1) is 55.2 Å². The van der Waals surface area contributed by atoms with Crippen molar-refractivity contribution in [2.24, 2.45) is 33.8 Å². The van der Waals surface area contributed by atoms with Crippen molar-refractivity contribution in [3.05, 3.63) is 35.9 Å². The fraction of sp³-hybridized carbons (Fsp3) is 0.738. The highest BCUT2D eigenvalue weighted by Gasteiger charge is 2.54. The highest BCUT2D eigenvalue weighted by molar-refractivity contribution is 6.00. The average molecular weight is 802 g/mol. The molecule has 1 amide bonds. The lowest BCUT2D eigenvalue weighted by molar-refractivity contribution is -0.304. The summed E-state index contributed by atoms with van der Waals surface area (Å²) < 4.78 is 38.8. The number of hydrogen-bond donors (Lipinski definition) is 2. The van der Waals surface area contributed by atoms with Gasteiger partial charge >= 0.3 is 11.9 Å². The first-order chi connectivity index (χ1) is 26.8. The normalized spacial score (nSPS) is 42.0. The van der Waals surface area contributed by atoms with E-state index < -0.39 is 95.6 Å². The van der Waals surface area contributed by atoms with E-state index in [9.17, 15) is 24.6 Å². The van der Waals surface area contributed by atoms with Crippen LogP contribution in [0.1, 0.15) is 93.2 Å². The van der Waals surface area contributed by atoms with Gasteiger partial charge in [0, 0.05) is 30.0 Å². The van der Waals surface area contributed by atoms with Gasteiger partial charge in [-0.15, -0.1) is 0 Å². The first-order valence-corrected chi connectivity index (χ1v) is 20.2. The summed E-state index contributed by atoms with van der Waals surface area (Å²) in [6.45, 7) is 15.1. The number of amides is 1. The third-order valence-corrected chi connectivity index (χ3v) is 12.2. The summed E-state index contributed by atoms with van der Waals surface area (Å²) in [6.07, 6.45) is -7.05. The Hall–Kier alpha value is -3.31. The van der Waals surface area contributed by atoms with Crippen LogP contribution in [-0.2, 0) is 47.6 Å². The van der Waals surface area contributed by atoms with Crippen LogP contribution in [0.4, 0.5) is 0 Å². The maximum absolute atomic E-state index is 14.3. The van der Waals surface area contributed by atoms with Crippen molar-refractivity contribution in [2.45, 2.75) is 148 Å². The van der Waals surface area contributed by atoms with Crippen molar-refractivity contribution in [2.75, 3.05) is 27.3 Å². The maximum atomic E-state index is 14.3. The standard InChI is InChI=1S/C42H63N3O12/c1-12-31-42(9,50)37-24(4)32-22(2)19-41(8,52-21-29(20-51-37)44-57-34(38(48)43-32)28-16-14-13-15-17-28)36(25(5)33(47)26(6)39(49)55-31)56-40-35(54-27(7)46)30(45(10)11)18-23(3)53-40/h13-17,22-26,30-31,33-37,40,47,50H,12,18-21H2,1-11H3/b43-32?,44-29+/t22-,23-,24-,25+,26-,30+,31-,33+,34-,35-,36-,37+,40+,41-,42-/m1/s1. The van der Waals surface area contributed by atoms with Crippen molar-refractivity contribution in [1.29, 1.82) is 0 Å². The molecular weight excluding hydrogens is 738 g/mol. The summed E-state index contributed by atoms with van der Waals surface area (Å²) in [5, 5.41) is 28.9. The number of rotatable bonds is 6. The van der Waals surface area contributed by atoms with Crippen LogP contribution in [0.25, 0.3) is 0 Å². The number of hydrogen-bond acceptors (Lipinski definition) is 14. The molecule has 0 radical (unpaired) electrons. The molecule has 0 aliphatic carbocycles. The molecule has 0 aromatic heterocycles. The fourth-order valence-electron chi connectivity index (χ4n) is 9.07. The summed E-state index contributed by atoms with van der Waals surface area (Å²) in [5.41, 5.74) is -1.94. The van der Waals surface area contributed by atoms with Gasteiger partial charge in [-0.2, -0.15) is 0 Å². The molecule has 0 spiro atoms. The van der Waals surface area contributed by atoms with Gasteiger partial charge in [0.1, 0.15) is 17.4 Å². The minimum Gasteiger partial charge on any atom is -0.459 e. The Kier molecular flexibility index (Phi) is 14.4. The highest BCUT2D eigenvalue weighted by Crippen LogP contribution is 2.41. The Morgan fingerprint density at radius 1 is 1.04 bits per heavy atom. The maximum Gasteiger partial charge on any atom is 0.311 e. The lowest BCUT2D eigenvalue weighted by Crippen LogP contribution is -2.61. The van der Waals surface area contributed by atoms with Crippen LogP contribution >= 0.6 is 0 Å². The van der Waals surface area contributed by atoms with Gasteiger partial charge < -0.3 is 48.4 Å². The van der Waals surface area contributed by atoms with E-state index in [1.165, 1.54) is 6.92 Å². The van der Waals surface area contributed by atoms with E-state index in [1.807, 2.05) is 52.8 Å². The second-order valence-corrected chi connectivity index (χ2v) is 17.1. The molecule has 318 valence electrons. The molecule has 1 aromatic carbocycles. The smallest absolute Gasteiger partial charge is 0.311 e. The molecule has 3 fully saturated rings. The van der Waals surface area contributed by atoms with E-state index in [0.717, 1.165) is 0 Å². The Morgan fingerprint density at radius 3 is 2.35 bits per heavy atom. The number of aliphatic imine (C=N–C) groups is 1. The number of fused-ring (bicyclic) bond motifs is 4. The zero-order valence-corrected chi connectivity index (χ0v) is 35.2. The summed E-state index contributed by atoms with van der Waals surface area (Å²) in [5.74, 6) is -5.02. The minimum absolute atomic E-state index is 0.171. The van der Waals surface area contributed by atoms with Crippen LogP contribution in [0.5, 0.6) is 0 Å². The molecule has 15 heteroatoms.